The summed E-state index contributed by atoms with van der Waals surface area (Å²) in [6.07, 6.45) is -12.6. The molecule has 0 saturated carbocycles. The molecular formula is C31H42N15O22P4S+. The van der Waals surface area contributed by atoms with E-state index in [0.717, 1.165) is 21.8 Å². The van der Waals surface area contributed by atoms with Crippen molar-refractivity contribution in [3.63, 3.8) is 0 Å². The molecule has 3 aliphatic heterocycles. The third-order valence-electron chi connectivity index (χ3n) is 11.2. The van der Waals surface area contributed by atoms with E-state index >= 15 is 0 Å². The molecule has 0 spiro atoms. The van der Waals surface area contributed by atoms with Gasteiger partial charge in [0.25, 0.3) is 17.1 Å². The Labute approximate surface area is 409 Å². The number of rotatable bonds is 18. The van der Waals surface area contributed by atoms with Crippen molar-refractivity contribution in [1.29, 1.82) is 0 Å². The van der Waals surface area contributed by atoms with E-state index in [1.165, 1.54) is 28.8 Å². The monoisotopic (exact) mass is 1130 g/mol. The third kappa shape index (κ3) is 10.9. The Morgan fingerprint density at radius 1 is 0.740 bits per heavy atom. The molecule has 0 amide bonds. The lowest BCUT2D eigenvalue weighted by Gasteiger charge is -2.25. The van der Waals surface area contributed by atoms with Crippen LogP contribution in [0.2, 0.25) is 0 Å². The van der Waals surface area contributed by atoms with Gasteiger partial charge in [-0.15, -0.1) is 0 Å². The summed E-state index contributed by atoms with van der Waals surface area (Å²) in [5.74, 6) is -0.617. The molecule has 3 aliphatic rings. The molecule has 0 aliphatic carbocycles. The van der Waals surface area contributed by atoms with E-state index in [-0.39, 0.29) is 57.6 Å². The van der Waals surface area contributed by atoms with Crippen LogP contribution in [-0.2, 0) is 73.5 Å². The number of nitrogens with zero attached hydrogens (tertiary/aromatic N) is 10. The van der Waals surface area contributed by atoms with Crippen LogP contribution in [0.4, 0.5) is 17.7 Å². The van der Waals surface area contributed by atoms with E-state index < -0.39 is 129 Å². The van der Waals surface area contributed by atoms with Gasteiger partial charge in [-0.25, -0.2) is 38.2 Å². The molecule has 9 rings (SSSR count). The predicted molar refractivity (Wildman–Crippen MR) is 239 cm³/mol. The number of nitrogens with two attached hydrogens (primary N) is 3. The average Bonchev–Trinajstić information content (AvgIpc) is 4.14. The van der Waals surface area contributed by atoms with Gasteiger partial charge in [-0.2, -0.15) is 13.6 Å². The number of fused-ring (bicyclic) bond motifs is 3. The van der Waals surface area contributed by atoms with Crippen molar-refractivity contribution in [2.24, 2.45) is 7.05 Å². The largest absolute Gasteiger partial charge is 0.490 e. The van der Waals surface area contributed by atoms with E-state index in [2.05, 4.69) is 48.5 Å². The number of aliphatic hydroxyl groups is 4. The second kappa shape index (κ2) is 19.8. The first kappa shape index (κ1) is 53.1. The van der Waals surface area contributed by atoms with Crippen LogP contribution in [-0.4, -0.2) is 162 Å². The van der Waals surface area contributed by atoms with Gasteiger partial charge in [0, 0.05) is 6.42 Å². The van der Waals surface area contributed by atoms with Crippen LogP contribution in [0.25, 0.3) is 33.5 Å². The first-order chi connectivity index (χ1) is 34.2. The fraction of sp³-hybridized carbons (Fsp3) is 0.516. The van der Waals surface area contributed by atoms with Crippen molar-refractivity contribution in [3.05, 3.63) is 46.0 Å². The highest BCUT2D eigenvalue weighted by Crippen LogP contribution is 2.68. The molecule has 42 heteroatoms. The smallest absolute Gasteiger partial charge is 0.387 e. The van der Waals surface area contributed by atoms with Crippen LogP contribution in [0.1, 0.15) is 25.1 Å². The Morgan fingerprint density at radius 3 is 2.05 bits per heavy atom. The summed E-state index contributed by atoms with van der Waals surface area (Å²) in [5.41, 5.74) is 15.8. The van der Waals surface area contributed by atoms with Gasteiger partial charge in [0.05, 0.1) is 45.6 Å². The number of anilines is 3. The lowest BCUT2D eigenvalue weighted by molar-refractivity contribution is -0.745. The minimum Gasteiger partial charge on any atom is -0.387 e. The molecule has 37 nitrogen and oxygen atoms in total. The van der Waals surface area contributed by atoms with Gasteiger partial charge in [0.2, 0.25) is 17.7 Å². The number of nitrogens with one attached hydrogen (secondary N) is 2. The summed E-state index contributed by atoms with van der Waals surface area (Å²) < 4.78 is 90.1. The maximum absolute atomic E-state index is 13.0. The molecule has 9 heterocycles. The van der Waals surface area contributed by atoms with E-state index in [1.807, 2.05) is 0 Å². The maximum Gasteiger partial charge on any atom is 0.490 e. The van der Waals surface area contributed by atoms with E-state index in [0.29, 0.717) is 0 Å². The van der Waals surface area contributed by atoms with Gasteiger partial charge in [-0.3, -0.25) is 42.3 Å². The summed E-state index contributed by atoms with van der Waals surface area (Å²) in [5, 5.41) is 43.1. The van der Waals surface area contributed by atoms with E-state index in [1.54, 1.807) is 0 Å². The van der Waals surface area contributed by atoms with Gasteiger partial charge >= 0.3 is 35.8 Å². The number of ether oxygens (including phenoxy) is 3. The second-order valence-corrected chi connectivity index (χ2v) is 23.6. The molecular weight excluding hydrogens is 1090 g/mol. The number of hydrogen-bond donors (Lipinski definition) is 13. The van der Waals surface area contributed by atoms with Crippen LogP contribution < -0.4 is 32.9 Å². The summed E-state index contributed by atoms with van der Waals surface area (Å²) >= 11 is 5.27. The fourth-order valence-corrected chi connectivity index (χ4v) is 13.0. The topological polar surface area (TPSA) is 536 Å². The predicted octanol–water partition coefficient (Wildman–Crippen LogP) is -4.22. The zero-order chi connectivity index (χ0) is 52.7. The van der Waals surface area contributed by atoms with E-state index in [9.17, 15) is 63.3 Å². The summed E-state index contributed by atoms with van der Waals surface area (Å²) in [6, 6.07) is 0. The summed E-state index contributed by atoms with van der Waals surface area (Å²) in [7, 11) is -16.2. The van der Waals surface area contributed by atoms with Gasteiger partial charge in [-0.05, 0) is 11.8 Å². The van der Waals surface area contributed by atoms with Crippen LogP contribution in [0.5, 0.6) is 0 Å². The molecule has 0 radical (unpaired) electrons. The second-order valence-electron chi connectivity index (χ2n) is 16.2. The summed E-state index contributed by atoms with van der Waals surface area (Å²) in [4.78, 5) is 95.7. The first-order valence-corrected chi connectivity index (χ1v) is 27.7. The molecule has 0 aromatic carbocycles. The van der Waals surface area contributed by atoms with Crippen molar-refractivity contribution in [1.82, 2.24) is 53.6 Å². The van der Waals surface area contributed by atoms with Gasteiger partial charge in [-0.1, -0.05) is 4.98 Å². The van der Waals surface area contributed by atoms with Crippen molar-refractivity contribution >= 4 is 93.2 Å². The number of aromatic nitrogens is 12. The minimum atomic E-state index is -6.08. The molecule has 15 atom stereocenters. The number of aromatic amines is 2. The molecule has 3 saturated heterocycles. The SMILES string of the molecule is Cn1c[n+]([C@@H]2O[C@H](COP(=O)(O)OP(=O)(O)OP(=O)(O)OC[C@@H]3C[C@@H](OP(O)(=S)OC[C@H]4O[C@@H](n5cnc6c(=O)[nH]c(N)nc65)[C@H](O)[C@@H]4O)[C@H](n4cnc5c(N)ncnc54)O3)[C@@H](O)[C@H]2O)c2nc(N)[nH]c(=O)c21. The highest BCUT2D eigenvalue weighted by atomic mass is 32.5. The number of phosphoric acid groups is 3. The zero-order valence-electron chi connectivity index (χ0n) is 36.7. The van der Waals surface area contributed by atoms with Gasteiger partial charge < -0.3 is 80.5 Å². The minimum absolute atomic E-state index is 0.00607. The molecule has 6 aromatic heterocycles. The van der Waals surface area contributed by atoms with Gasteiger partial charge in [0.1, 0.15) is 54.6 Å². The normalized spacial score (nSPS) is 30.0. The Hall–Kier alpha value is -4.69. The highest BCUT2D eigenvalue weighted by molar-refractivity contribution is 8.07. The molecule has 3 fully saturated rings. The quantitative estimate of drug-likeness (QED) is 0.0286. The van der Waals surface area contributed by atoms with Crippen LogP contribution >= 0.6 is 30.2 Å². The van der Waals surface area contributed by atoms with Crippen molar-refractivity contribution in [2.75, 3.05) is 37.0 Å². The molecule has 4 unspecified atom stereocenters. The average molecular weight is 1130 g/mol. The number of phosphoric ester groups is 2. The number of aliphatic hydroxyl groups excluding tert-OH is 4. The molecule has 73 heavy (non-hydrogen) atoms. The number of aryl methyl sites for hydroxylation is 1. The number of H-pyrrole nitrogens is 2. The number of imidazole rings is 3. The number of nitrogen functional groups attached to an aromatic ring is 3. The molecule has 398 valence electrons. The highest BCUT2D eigenvalue weighted by Gasteiger charge is 2.51. The van der Waals surface area contributed by atoms with E-state index in [4.69, 9.17) is 61.3 Å². The zero-order valence-corrected chi connectivity index (χ0v) is 41.1. The van der Waals surface area contributed by atoms with Crippen LogP contribution in [0.15, 0.2) is 34.9 Å². The third-order valence-corrected chi connectivity index (χ3v) is 17.0. The molecule has 0 bridgehead atoms. The summed E-state index contributed by atoms with van der Waals surface area (Å²) in [6.45, 7) is -7.21. The van der Waals surface area contributed by atoms with Crippen LogP contribution in [0, 0.1) is 0 Å². The Kier molecular flexibility index (Phi) is 14.4. The van der Waals surface area contributed by atoms with Crippen molar-refractivity contribution in [3.8, 4) is 0 Å². The lowest BCUT2D eigenvalue weighted by atomic mass is 10.1. The first-order valence-electron chi connectivity index (χ1n) is 20.7. The van der Waals surface area contributed by atoms with Crippen molar-refractivity contribution in [2.45, 2.75) is 73.9 Å². The van der Waals surface area contributed by atoms with Crippen LogP contribution in [0.3, 0.4) is 0 Å². The standard InChI is InChI=1S/C31H41N15O22P4S/c1-43-9-46(24-16(43)26(52)42-31(34)40-24)29-20(50)17(47)12(65-29)4-61-70(55,56)68-71(57,58)67-69(53,54)60-3-10-2-11(27(63-10)44-7-37-14-21(32)35-6-36-22(14)44)66-72(59,73)62-5-13-18(48)19(49)28(64-13)45-8-38-15-23(45)39-30(33)41-25(15)51/h6-13,17-20,27-29,47-50H,2-5H2,1H3,(H11-,32,33,34,35,36,39,40,41,42,51,52,53,54,55,56,57,58,59,73)/p+1/t10-,11+,12+,13+,17+,18+,19+,20+,27+,28+,29+,72?/m0/s1. The Balaban J connectivity index is 0.821. The Morgan fingerprint density at radius 2 is 1.34 bits per heavy atom. The lowest BCUT2D eigenvalue weighted by Crippen LogP contribution is -2.46. The van der Waals surface area contributed by atoms with Crippen molar-refractivity contribution < 1.29 is 99.2 Å². The maximum atomic E-state index is 13.0. The van der Waals surface area contributed by atoms with Gasteiger partial charge in [0.15, 0.2) is 41.4 Å². The molecule has 16 N–H and O–H groups in total. The fourth-order valence-electron chi connectivity index (χ4n) is 8.03. The molecule has 6 aromatic rings. The Bertz CT molecular complexity index is 3420. The number of hydrogen-bond acceptors (Lipinski definition) is 28.